The third kappa shape index (κ3) is 3.08. The number of anilines is 1. The highest BCUT2D eigenvalue weighted by Gasteiger charge is 2.19. The zero-order valence-corrected chi connectivity index (χ0v) is 15.5. The highest BCUT2D eigenvalue weighted by atomic mass is 35.5. The van der Waals surface area contributed by atoms with Crippen molar-refractivity contribution in [1.82, 2.24) is 19.5 Å². The average Bonchev–Trinajstić information content (AvgIpc) is 2.98. The molecule has 2 aromatic carbocycles. The molecule has 0 atom stereocenters. The van der Waals surface area contributed by atoms with Gasteiger partial charge in [0, 0.05) is 10.6 Å². The molecule has 4 aromatic rings. The number of hydrogen-bond acceptors (Lipinski definition) is 5. The summed E-state index contributed by atoms with van der Waals surface area (Å²) in [7, 11) is 0. The Morgan fingerprint density at radius 1 is 1.14 bits per heavy atom. The summed E-state index contributed by atoms with van der Waals surface area (Å²) in [6.45, 7) is 0. The Morgan fingerprint density at radius 3 is 2.68 bits per heavy atom. The first-order valence-electron chi connectivity index (χ1n) is 7.95. The van der Waals surface area contributed by atoms with Crippen LogP contribution in [-0.2, 0) is 4.79 Å². The quantitative estimate of drug-likeness (QED) is 0.442. The SMILES string of the molecule is O=CNc1nc(-c2cccc(O)c2)nc2c1[nH]c(=O)n2-c1ccc(Cl)cc1Cl. The monoisotopic (exact) mass is 415 g/mol. The smallest absolute Gasteiger partial charge is 0.332 e. The molecule has 0 fully saturated rings. The van der Waals surface area contributed by atoms with E-state index in [0.717, 1.165) is 0 Å². The summed E-state index contributed by atoms with van der Waals surface area (Å²) in [5.74, 6) is 0.336. The first-order chi connectivity index (χ1) is 13.5. The Hall–Kier alpha value is -3.36. The normalized spacial score (nSPS) is 10.9. The Morgan fingerprint density at radius 2 is 1.96 bits per heavy atom. The molecule has 0 aliphatic heterocycles. The summed E-state index contributed by atoms with van der Waals surface area (Å²) in [5, 5.41) is 12.9. The van der Waals surface area contributed by atoms with Crippen LogP contribution in [0.2, 0.25) is 10.0 Å². The van der Waals surface area contributed by atoms with Crippen molar-refractivity contribution >= 4 is 46.6 Å². The van der Waals surface area contributed by atoms with E-state index in [2.05, 4.69) is 20.3 Å². The molecule has 4 rings (SSSR count). The Balaban J connectivity index is 2.05. The summed E-state index contributed by atoms with van der Waals surface area (Å²) >= 11 is 12.2. The molecule has 0 aliphatic carbocycles. The Kier molecular flexibility index (Phi) is 4.50. The second-order valence-electron chi connectivity index (χ2n) is 5.77. The van der Waals surface area contributed by atoms with Crippen molar-refractivity contribution in [2.75, 3.05) is 5.32 Å². The van der Waals surface area contributed by atoms with Gasteiger partial charge in [0.15, 0.2) is 17.3 Å². The van der Waals surface area contributed by atoms with E-state index in [4.69, 9.17) is 23.2 Å². The molecule has 1 amide bonds. The van der Waals surface area contributed by atoms with Gasteiger partial charge in [-0.25, -0.2) is 19.3 Å². The maximum absolute atomic E-state index is 12.6. The van der Waals surface area contributed by atoms with Gasteiger partial charge in [0.05, 0.1) is 10.7 Å². The minimum atomic E-state index is -0.518. The van der Waals surface area contributed by atoms with Gasteiger partial charge in [-0.05, 0) is 30.3 Å². The van der Waals surface area contributed by atoms with Crippen molar-refractivity contribution in [1.29, 1.82) is 0 Å². The summed E-state index contributed by atoms with van der Waals surface area (Å²) in [5.41, 5.74) is 0.771. The molecule has 2 heterocycles. The van der Waals surface area contributed by atoms with Gasteiger partial charge in [-0.2, -0.15) is 0 Å². The number of aromatic hydroxyl groups is 1. The molecule has 140 valence electrons. The Labute approximate surface area is 167 Å². The molecule has 0 spiro atoms. The number of fused-ring (bicyclic) bond motifs is 1. The molecule has 0 saturated carbocycles. The summed E-state index contributed by atoms with van der Waals surface area (Å²) in [6.07, 6.45) is 0.443. The summed E-state index contributed by atoms with van der Waals surface area (Å²) in [4.78, 5) is 35.0. The van der Waals surface area contributed by atoms with Crippen molar-refractivity contribution in [3.8, 4) is 22.8 Å². The van der Waals surface area contributed by atoms with Crippen LogP contribution in [0.1, 0.15) is 0 Å². The lowest BCUT2D eigenvalue weighted by Crippen LogP contribution is -2.15. The average molecular weight is 416 g/mol. The van der Waals surface area contributed by atoms with Gasteiger partial charge in [0.25, 0.3) is 0 Å². The predicted molar refractivity (Wildman–Crippen MR) is 106 cm³/mol. The van der Waals surface area contributed by atoms with E-state index in [1.807, 2.05) is 0 Å². The maximum atomic E-state index is 12.6. The second-order valence-corrected chi connectivity index (χ2v) is 6.61. The highest BCUT2D eigenvalue weighted by Crippen LogP contribution is 2.29. The number of phenolic OH excluding ortho intramolecular Hbond substituents is 1. The topological polar surface area (TPSA) is 113 Å². The number of amides is 1. The number of halogens is 2. The van der Waals surface area contributed by atoms with E-state index in [0.29, 0.717) is 22.7 Å². The van der Waals surface area contributed by atoms with E-state index in [1.165, 1.54) is 22.8 Å². The fourth-order valence-corrected chi connectivity index (χ4v) is 3.30. The number of imidazole rings is 1. The maximum Gasteiger partial charge on any atom is 0.332 e. The van der Waals surface area contributed by atoms with Crippen LogP contribution in [0.15, 0.2) is 47.3 Å². The number of carbonyl (C=O) groups is 1. The molecular weight excluding hydrogens is 405 g/mol. The number of aromatic nitrogens is 4. The minimum absolute atomic E-state index is 0.0262. The van der Waals surface area contributed by atoms with Gasteiger partial charge in [0.2, 0.25) is 6.41 Å². The number of rotatable bonds is 4. The second kappa shape index (κ2) is 6.99. The highest BCUT2D eigenvalue weighted by molar-refractivity contribution is 6.35. The number of aromatic amines is 1. The number of carbonyl (C=O) groups excluding carboxylic acids is 1. The van der Waals surface area contributed by atoms with Crippen LogP contribution in [0.25, 0.3) is 28.2 Å². The summed E-state index contributed by atoms with van der Waals surface area (Å²) < 4.78 is 1.26. The van der Waals surface area contributed by atoms with Gasteiger partial charge in [-0.3, -0.25) is 4.79 Å². The number of benzene rings is 2. The first kappa shape index (κ1) is 18.0. The molecule has 0 unspecified atom stereocenters. The van der Waals surface area contributed by atoms with Crippen LogP contribution in [0.3, 0.4) is 0 Å². The molecule has 10 heteroatoms. The van der Waals surface area contributed by atoms with Crippen molar-refractivity contribution in [2.24, 2.45) is 0 Å². The lowest BCUT2D eigenvalue weighted by atomic mass is 10.2. The third-order valence-corrected chi connectivity index (χ3v) is 4.53. The molecule has 0 radical (unpaired) electrons. The van der Waals surface area contributed by atoms with E-state index >= 15 is 0 Å². The van der Waals surface area contributed by atoms with Gasteiger partial charge in [0.1, 0.15) is 11.3 Å². The molecule has 3 N–H and O–H groups in total. The van der Waals surface area contributed by atoms with Crippen LogP contribution in [-0.4, -0.2) is 31.0 Å². The van der Waals surface area contributed by atoms with Gasteiger partial charge in [-0.15, -0.1) is 0 Å². The zero-order valence-electron chi connectivity index (χ0n) is 14.0. The van der Waals surface area contributed by atoms with Crippen LogP contribution in [0.5, 0.6) is 5.75 Å². The molecular formula is C18H11Cl2N5O3. The van der Waals surface area contributed by atoms with E-state index < -0.39 is 5.69 Å². The van der Waals surface area contributed by atoms with Crippen LogP contribution in [0, 0.1) is 0 Å². The van der Waals surface area contributed by atoms with E-state index in [1.54, 1.807) is 24.3 Å². The van der Waals surface area contributed by atoms with Crippen molar-refractivity contribution in [3.05, 3.63) is 63.0 Å². The fraction of sp³-hybridized carbons (Fsp3) is 0. The number of nitrogens with zero attached hydrogens (tertiary/aromatic N) is 3. The fourth-order valence-electron chi connectivity index (χ4n) is 2.81. The molecule has 28 heavy (non-hydrogen) atoms. The first-order valence-corrected chi connectivity index (χ1v) is 8.71. The standard InChI is InChI=1S/C18H11Cl2N5O3/c19-10-4-5-13(12(20)7-10)25-17-14(22-18(25)28)16(21-8-26)23-15(24-17)9-2-1-3-11(27)6-9/h1-8,27H,(H,22,28)(H,21,23,24,26). The van der Waals surface area contributed by atoms with Crippen molar-refractivity contribution in [3.63, 3.8) is 0 Å². The molecule has 0 saturated heterocycles. The van der Waals surface area contributed by atoms with Crippen LogP contribution < -0.4 is 11.0 Å². The number of hydrogen-bond donors (Lipinski definition) is 3. The lowest BCUT2D eigenvalue weighted by Gasteiger charge is -2.08. The summed E-state index contributed by atoms with van der Waals surface area (Å²) in [6, 6.07) is 11.0. The molecule has 0 aliphatic rings. The molecule has 0 bridgehead atoms. The Bertz CT molecular complexity index is 1280. The molecule has 8 nitrogen and oxygen atoms in total. The van der Waals surface area contributed by atoms with Crippen LogP contribution >= 0.6 is 23.2 Å². The number of H-pyrrole nitrogens is 1. The number of nitrogens with one attached hydrogen (secondary N) is 2. The lowest BCUT2D eigenvalue weighted by molar-refractivity contribution is -0.105. The predicted octanol–water partition coefficient (Wildman–Crippen LogP) is 3.36. The minimum Gasteiger partial charge on any atom is -0.508 e. The van der Waals surface area contributed by atoms with Gasteiger partial charge < -0.3 is 15.4 Å². The third-order valence-electron chi connectivity index (χ3n) is 3.99. The van der Waals surface area contributed by atoms with Gasteiger partial charge >= 0.3 is 5.69 Å². The van der Waals surface area contributed by atoms with Gasteiger partial charge in [-0.1, -0.05) is 35.3 Å². The van der Waals surface area contributed by atoms with E-state index in [9.17, 15) is 14.7 Å². The van der Waals surface area contributed by atoms with Crippen molar-refractivity contribution in [2.45, 2.75) is 0 Å². The molecule has 2 aromatic heterocycles. The largest absolute Gasteiger partial charge is 0.508 e. The zero-order chi connectivity index (χ0) is 19.8. The van der Waals surface area contributed by atoms with Crippen molar-refractivity contribution < 1.29 is 9.90 Å². The van der Waals surface area contributed by atoms with E-state index in [-0.39, 0.29) is 33.6 Å². The van der Waals surface area contributed by atoms with Crippen LogP contribution in [0.4, 0.5) is 5.82 Å². The number of phenols is 1.